The largest absolute Gasteiger partial charge is 0.573 e. The highest BCUT2D eigenvalue weighted by Gasteiger charge is 2.27. The van der Waals surface area contributed by atoms with E-state index in [0.717, 1.165) is 34.0 Å². The first-order chi connectivity index (χ1) is 24.0. The number of imidazole rings is 2. The van der Waals surface area contributed by atoms with Gasteiger partial charge >= 0.3 is 6.03 Å². The number of nitrogens with one attached hydrogen (secondary N) is 3. The summed E-state index contributed by atoms with van der Waals surface area (Å²) in [5, 5.41) is 3.01. The van der Waals surface area contributed by atoms with E-state index in [1.807, 2.05) is 131 Å². The van der Waals surface area contributed by atoms with Crippen molar-refractivity contribution in [2.24, 2.45) is 0 Å². The topological polar surface area (TPSA) is 130 Å². The molecule has 12 heteroatoms. The van der Waals surface area contributed by atoms with E-state index in [4.69, 9.17) is 9.47 Å². The molecule has 49 heavy (non-hydrogen) atoms. The fourth-order valence-electron chi connectivity index (χ4n) is 5.59. The molecule has 0 aliphatic rings. The Bertz CT molecular complexity index is 1920. The number of methoxy groups -OCH3 is 2. The van der Waals surface area contributed by atoms with Crippen molar-refractivity contribution in [2.75, 3.05) is 14.2 Å². The predicted octanol–water partition coefficient (Wildman–Crippen LogP) is 5.81. The molecule has 0 radical (unpaired) electrons. The number of ether oxygens (including phenoxy) is 2. The molecular formula is C37H37N7O4S. The summed E-state index contributed by atoms with van der Waals surface area (Å²) in [7, 11) is 3.24. The monoisotopic (exact) mass is 675 g/mol. The Morgan fingerprint density at radius 1 is 0.694 bits per heavy atom. The van der Waals surface area contributed by atoms with E-state index in [9.17, 15) is 9.35 Å². The Morgan fingerprint density at radius 3 is 1.61 bits per heavy atom. The van der Waals surface area contributed by atoms with Crippen LogP contribution < -0.4 is 24.2 Å². The van der Waals surface area contributed by atoms with E-state index in [2.05, 4.69) is 24.7 Å². The third kappa shape index (κ3) is 8.49. The van der Waals surface area contributed by atoms with Crippen molar-refractivity contribution in [3.8, 4) is 22.9 Å². The van der Waals surface area contributed by atoms with Crippen LogP contribution in [0.25, 0.3) is 11.4 Å². The predicted molar refractivity (Wildman–Crippen MR) is 189 cm³/mol. The Morgan fingerprint density at radius 2 is 1.14 bits per heavy atom. The number of urea groups is 1. The summed E-state index contributed by atoms with van der Waals surface area (Å²) in [6.07, 6.45) is 8.00. The van der Waals surface area contributed by atoms with Crippen LogP contribution in [0, 0.1) is 0 Å². The van der Waals surface area contributed by atoms with Crippen LogP contribution in [0.5, 0.6) is 11.5 Å². The summed E-state index contributed by atoms with van der Waals surface area (Å²) in [6, 6.07) is 33.1. The van der Waals surface area contributed by atoms with E-state index < -0.39 is 29.7 Å². The quantitative estimate of drug-likeness (QED) is 0.124. The standard InChI is InChI=1S/C37H37N7O4S/c1-47-31-17-13-29(14-18-31)43-23-21-38-35(43)33(25-27-9-5-3-6-10-27)40-37(45)42-49(46)41-34(26-28-11-7-4-8-12-28)36-39-22-24-44(36)30-15-19-32(48-2)20-16-30/h3-24,33-34,41H,25-26H2,1-2H3,(H2,40,42,45)/t33-,34-,49?/m0/s1. The molecule has 11 nitrogen and oxygen atoms in total. The zero-order valence-corrected chi connectivity index (χ0v) is 27.9. The van der Waals surface area contributed by atoms with E-state index in [-0.39, 0.29) is 0 Å². The number of nitrogens with zero attached hydrogens (tertiary/aromatic N) is 4. The fraction of sp³-hybridized carbons (Fsp3) is 0.162. The summed E-state index contributed by atoms with van der Waals surface area (Å²) in [4.78, 5) is 22.8. The first-order valence-electron chi connectivity index (χ1n) is 15.7. The zero-order valence-electron chi connectivity index (χ0n) is 27.1. The van der Waals surface area contributed by atoms with Crippen molar-refractivity contribution >= 4 is 17.6 Å². The van der Waals surface area contributed by atoms with Gasteiger partial charge in [-0.1, -0.05) is 60.7 Å². The molecule has 0 saturated heterocycles. The number of rotatable bonds is 14. The van der Waals surface area contributed by atoms with Crippen molar-refractivity contribution in [2.45, 2.75) is 24.9 Å². The van der Waals surface area contributed by atoms with Crippen LogP contribution in [-0.4, -0.2) is 43.9 Å². The van der Waals surface area contributed by atoms with Crippen LogP contribution in [0.15, 0.2) is 134 Å². The lowest BCUT2D eigenvalue weighted by Gasteiger charge is -2.23. The molecule has 3 atom stereocenters. The average molecular weight is 676 g/mol. The Hall–Kier alpha value is -5.56. The molecule has 1 unspecified atom stereocenters. The lowest BCUT2D eigenvalue weighted by atomic mass is 10.1. The average Bonchev–Trinajstić information content (AvgIpc) is 3.83. The van der Waals surface area contributed by atoms with Crippen molar-refractivity contribution in [3.05, 3.63) is 157 Å². The summed E-state index contributed by atoms with van der Waals surface area (Å²) in [5.41, 5.74) is 3.74. The number of hydrogen-bond acceptors (Lipinski definition) is 7. The van der Waals surface area contributed by atoms with Gasteiger partial charge in [-0.15, -0.1) is 9.44 Å². The van der Waals surface area contributed by atoms with Crippen molar-refractivity contribution in [3.63, 3.8) is 0 Å². The molecule has 0 aliphatic carbocycles. The summed E-state index contributed by atoms with van der Waals surface area (Å²) in [6.45, 7) is 0. The highest BCUT2D eigenvalue weighted by Crippen LogP contribution is 2.25. The van der Waals surface area contributed by atoms with Gasteiger partial charge in [0.25, 0.3) is 0 Å². The number of aromatic nitrogens is 4. The molecule has 0 bridgehead atoms. The lowest BCUT2D eigenvalue weighted by Crippen LogP contribution is -2.48. The van der Waals surface area contributed by atoms with Crippen molar-refractivity contribution in [1.82, 2.24) is 33.9 Å². The summed E-state index contributed by atoms with van der Waals surface area (Å²) >= 11 is -1.99. The van der Waals surface area contributed by atoms with Gasteiger partial charge in [-0.3, -0.25) is 0 Å². The van der Waals surface area contributed by atoms with Gasteiger partial charge in [0.05, 0.1) is 20.3 Å². The third-order valence-electron chi connectivity index (χ3n) is 7.97. The third-order valence-corrected chi connectivity index (χ3v) is 8.84. The molecule has 2 aromatic heterocycles. The van der Waals surface area contributed by atoms with Gasteiger partial charge in [0.1, 0.15) is 29.2 Å². The number of hydrogen-bond donors (Lipinski definition) is 3. The fourth-order valence-corrected chi connectivity index (χ4v) is 6.32. The van der Waals surface area contributed by atoms with Gasteiger partial charge in [-0.25, -0.2) is 14.8 Å². The van der Waals surface area contributed by atoms with E-state index >= 15 is 0 Å². The van der Waals surface area contributed by atoms with Gasteiger partial charge < -0.3 is 28.5 Å². The van der Waals surface area contributed by atoms with Crippen LogP contribution in [0.3, 0.4) is 0 Å². The van der Waals surface area contributed by atoms with E-state index in [0.29, 0.717) is 24.5 Å². The maximum Gasteiger partial charge on any atom is 0.358 e. The molecule has 6 aromatic rings. The van der Waals surface area contributed by atoms with Gasteiger partial charge in [0.2, 0.25) is 0 Å². The first kappa shape index (κ1) is 33.3. The lowest BCUT2D eigenvalue weighted by molar-refractivity contribution is 0.241. The molecule has 3 N–H and O–H groups in total. The first-order valence-corrected chi connectivity index (χ1v) is 16.8. The molecule has 0 saturated carbocycles. The molecule has 2 amide bonds. The number of benzene rings is 4. The maximum atomic E-state index is 13.6. The molecule has 2 heterocycles. The highest BCUT2D eigenvalue weighted by atomic mass is 32.2. The summed E-state index contributed by atoms with van der Waals surface area (Å²) < 4.78 is 33.8. The molecule has 250 valence electrons. The Balaban J connectivity index is 1.21. The summed E-state index contributed by atoms with van der Waals surface area (Å²) in [5.74, 6) is 2.72. The normalized spacial score (nSPS) is 12.9. The maximum absolute atomic E-state index is 13.6. The number of carbonyl (C=O) groups excluding carboxylic acids is 1. The van der Waals surface area contributed by atoms with Crippen LogP contribution >= 0.6 is 0 Å². The van der Waals surface area contributed by atoms with Gasteiger partial charge in [-0.2, -0.15) is 0 Å². The Kier molecular flexibility index (Phi) is 10.9. The second kappa shape index (κ2) is 16.0. The second-order valence-electron chi connectivity index (χ2n) is 11.2. The van der Waals surface area contributed by atoms with E-state index in [1.165, 1.54) is 0 Å². The minimum absolute atomic E-state index is 0.456. The van der Waals surface area contributed by atoms with Crippen LogP contribution in [-0.2, 0) is 24.4 Å². The molecular weight excluding hydrogens is 639 g/mol. The van der Waals surface area contributed by atoms with Gasteiger partial charge in [-0.05, 0) is 72.5 Å². The van der Waals surface area contributed by atoms with Crippen LogP contribution in [0.1, 0.15) is 34.9 Å². The second-order valence-corrected chi connectivity index (χ2v) is 12.1. The van der Waals surface area contributed by atoms with Crippen LogP contribution in [0.4, 0.5) is 4.79 Å². The molecule has 4 aromatic carbocycles. The van der Waals surface area contributed by atoms with Crippen molar-refractivity contribution in [1.29, 1.82) is 0 Å². The molecule has 0 fully saturated rings. The smallest absolute Gasteiger partial charge is 0.358 e. The number of carbonyl (C=O) groups is 1. The van der Waals surface area contributed by atoms with Crippen LogP contribution in [0.2, 0.25) is 0 Å². The highest BCUT2D eigenvalue weighted by molar-refractivity contribution is 7.88. The minimum atomic E-state index is -1.99. The molecule has 0 aliphatic heterocycles. The SMILES string of the molecule is COc1ccc(-n2ccnc2[C@H](Cc2ccccc2)NC(=O)N[S+]([O-])N[C@@H](Cc2ccccc2)c2nccn2-c2ccc(OC)cc2)cc1. The van der Waals surface area contributed by atoms with Crippen molar-refractivity contribution < 1.29 is 18.8 Å². The van der Waals surface area contributed by atoms with Gasteiger partial charge in [0, 0.05) is 36.2 Å². The molecule has 0 spiro atoms. The number of amides is 2. The molecule has 6 rings (SSSR count). The minimum Gasteiger partial charge on any atom is -0.573 e. The van der Waals surface area contributed by atoms with E-state index in [1.54, 1.807) is 26.6 Å². The zero-order chi connectivity index (χ0) is 34.0. The Labute approximate surface area is 288 Å². The van der Waals surface area contributed by atoms with Gasteiger partial charge in [0.15, 0.2) is 11.5 Å².